The summed E-state index contributed by atoms with van der Waals surface area (Å²) < 4.78 is 9.90. The highest BCUT2D eigenvalue weighted by molar-refractivity contribution is 5.89. The van der Waals surface area contributed by atoms with Crippen molar-refractivity contribution in [3.05, 3.63) is 37.1 Å². The van der Waals surface area contributed by atoms with E-state index >= 15 is 0 Å². The van der Waals surface area contributed by atoms with Gasteiger partial charge >= 0.3 is 12.2 Å². The molecule has 178 valence electrons. The summed E-state index contributed by atoms with van der Waals surface area (Å²) in [6, 6.07) is 3.05. The molecule has 0 aromatic carbocycles. The average molecular weight is 459 g/mol. The second kappa shape index (κ2) is 12.9. The molecular weight excluding hydrogens is 428 g/mol. The van der Waals surface area contributed by atoms with Crippen LogP contribution in [0.15, 0.2) is 31.4 Å². The van der Waals surface area contributed by atoms with Crippen molar-refractivity contribution in [2.45, 2.75) is 44.2 Å². The van der Waals surface area contributed by atoms with Crippen molar-refractivity contribution >= 4 is 23.8 Å². The van der Waals surface area contributed by atoms with E-state index in [0.717, 1.165) is 25.0 Å². The van der Waals surface area contributed by atoms with Crippen molar-refractivity contribution in [3.63, 3.8) is 0 Å². The van der Waals surface area contributed by atoms with Crippen molar-refractivity contribution in [2.75, 3.05) is 32.0 Å². The van der Waals surface area contributed by atoms with E-state index in [1.807, 2.05) is 0 Å². The minimum absolute atomic E-state index is 0.0166. The van der Waals surface area contributed by atoms with Crippen LogP contribution in [0.3, 0.4) is 0 Å². The third kappa shape index (κ3) is 7.10. The molecule has 33 heavy (non-hydrogen) atoms. The number of carbonyl (C=O) groups is 3. The molecule has 2 unspecified atom stereocenters. The summed E-state index contributed by atoms with van der Waals surface area (Å²) in [6.45, 7) is 8.52. The number of nitrogens with two attached hydrogens (primary N) is 1. The number of ketones is 1. The first kappa shape index (κ1) is 25.5. The van der Waals surface area contributed by atoms with E-state index in [2.05, 4.69) is 23.4 Å². The molecule has 0 bridgehead atoms. The van der Waals surface area contributed by atoms with E-state index in [1.165, 1.54) is 11.0 Å². The van der Waals surface area contributed by atoms with Crippen LogP contribution in [0.5, 0.6) is 0 Å². The van der Waals surface area contributed by atoms with E-state index in [0.29, 0.717) is 25.3 Å². The SMILES string of the molecule is C=CCOC(=O)N1CCCC1C(=O)CC#N.C=CCOC(=O)N1CCCC1c1cc(N)n[nH]1. The van der Waals surface area contributed by atoms with Crippen LogP contribution in [-0.4, -0.2) is 70.3 Å². The Morgan fingerprint density at radius 2 is 1.76 bits per heavy atom. The summed E-state index contributed by atoms with van der Waals surface area (Å²) in [6.07, 6.45) is 5.27. The van der Waals surface area contributed by atoms with Crippen LogP contribution >= 0.6 is 0 Å². The van der Waals surface area contributed by atoms with Gasteiger partial charge in [-0.25, -0.2) is 9.59 Å². The van der Waals surface area contributed by atoms with Crippen LogP contribution in [-0.2, 0) is 14.3 Å². The minimum Gasteiger partial charge on any atom is -0.445 e. The molecule has 3 heterocycles. The topological polar surface area (TPSA) is 155 Å². The van der Waals surface area contributed by atoms with Gasteiger partial charge < -0.3 is 15.2 Å². The van der Waals surface area contributed by atoms with Crippen LogP contribution in [0.2, 0.25) is 0 Å². The Balaban J connectivity index is 0.000000234. The number of nitriles is 1. The number of anilines is 1. The van der Waals surface area contributed by atoms with E-state index < -0.39 is 12.1 Å². The molecule has 0 radical (unpaired) electrons. The monoisotopic (exact) mass is 458 g/mol. The standard InChI is InChI=1S/C11H16N4O2.C11H14N2O3/c1-2-6-17-11(16)15-5-3-4-9(15)8-7-10(12)14-13-8;1-2-8-16-11(15)13-7-3-4-9(13)10(14)5-6-12/h2,7,9H,1,3-6H2,(H3,12,13,14);2,9H,1,3-5,7-8H2. The van der Waals surface area contributed by atoms with E-state index in [4.69, 9.17) is 20.5 Å². The lowest BCUT2D eigenvalue weighted by Crippen LogP contribution is -2.40. The highest BCUT2D eigenvalue weighted by Gasteiger charge is 2.34. The molecule has 3 N–H and O–H groups in total. The third-order valence-corrected chi connectivity index (χ3v) is 5.23. The molecular formula is C22H30N6O5. The Labute approximate surface area is 192 Å². The van der Waals surface area contributed by atoms with Crippen LogP contribution in [0.4, 0.5) is 15.4 Å². The zero-order valence-electron chi connectivity index (χ0n) is 18.6. The van der Waals surface area contributed by atoms with Gasteiger partial charge in [-0.3, -0.25) is 19.7 Å². The van der Waals surface area contributed by atoms with Crippen molar-refractivity contribution < 1.29 is 23.9 Å². The predicted molar refractivity (Wildman–Crippen MR) is 120 cm³/mol. The number of hydrogen-bond acceptors (Lipinski definition) is 8. The number of H-pyrrole nitrogens is 1. The Morgan fingerprint density at radius 1 is 1.15 bits per heavy atom. The second-order valence-corrected chi connectivity index (χ2v) is 7.48. The van der Waals surface area contributed by atoms with Gasteiger partial charge in [0.2, 0.25) is 0 Å². The number of ether oxygens (including phenoxy) is 2. The zero-order chi connectivity index (χ0) is 24.2. The fourth-order valence-corrected chi connectivity index (χ4v) is 3.77. The van der Waals surface area contributed by atoms with Gasteiger partial charge in [0.25, 0.3) is 0 Å². The molecule has 2 amide bonds. The largest absolute Gasteiger partial charge is 0.445 e. The number of Topliss-reactive ketones (excluding diaryl/α,β-unsaturated/α-hetero) is 1. The van der Waals surface area contributed by atoms with Gasteiger partial charge in [0, 0.05) is 19.2 Å². The molecule has 2 fully saturated rings. The first-order valence-corrected chi connectivity index (χ1v) is 10.7. The number of nitrogens with one attached hydrogen (secondary N) is 1. The first-order chi connectivity index (χ1) is 15.9. The second-order valence-electron chi connectivity index (χ2n) is 7.48. The highest BCUT2D eigenvalue weighted by atomic mass is 16.6. The molecule has 1 aromatic rings. The number of rotatable bonds is 7. The molecule has 0 aliphatic carbocycles. The van der Waals surface area contributed by atoms with Gasteiger partial charge in [-0.15, -0.1) is 0 Å². The van der Waals surface area contributed by atoms with Gasteiger partial charge in [0.1, 0.15) is 19.0 Å². The fraction of sp³-hybridized carbons (Fsp3) is 0.500. The quantitative estimate of drug-likeness (QED) is 0.591. The van der Waals surface area contributed by atoms with E-state index in [9.17, 15) is 14.4 Å². The molecule has 2 aliphatic rings. The minimum atomic E-state index is -0.506. The molecule has 11 nitrogen and oxygen atoms in total. The lowest BCUT2D eigenvalue weighted by molar-refractivity contribution is -0.122. The lowest BCUT2D eigenvalue weighted by Gasteiger charge is -2.22. The highest BCUT2D eigenvalue weighted by Crippen LogP contribution is 2.31. The molecule has 11 heteroatoms. The van der Waals surface area contributed by atoms with E-state index in [-0.39, 0.29) is 37.6 Å². The third-order valence-electron chi connectivity index (χ3n) is 5.23. The Hall–Kier alpha value is -3.81. The molecule has 2 atom stereocenters. The Morgan fingerprint density at radius 3 is 2.33 bits per heavy atom. The van der Waals surface area contributed by atoms with Gasteiger partial charge in [0.05, 0.1) is 30.3 Å². The molecule has 2 saturated heterocycles. The van der Waals surface area contributed by atoms with Gasteiger partial charge in [-0.2, -0.15) is 10.4 Å². The number of aromatic nitrogens is 2. The number of likely N-dealkylation sites (tertiary alicyclic amines) is 2. The molecule has 0 spiro atoms. The van der Waals surface area contributed by atoms with Crippen molar-refractivity contribution in [2.24, 2.45) is 0 Å². The first-order valence-electron chi connectivity index (χ1n) is 10.7. The van der Waals surface area contributed by atoms with Crippen molar-refractivity contribution in [1.82, 2.24) is 20.0 Å². The number of hydrogen-bond donors (Lipinski definition) is 2. The maximum Gasteiger partial charge on any atom is 0.410 e. The summed E-state index contributed by atoms with van der Waals surface area (Å²) in [4.78, 5) is 38.0. The summed E-state index contributed by atoms with van der Waals surface area (Å²) in [5.41, 5.74) is 6.41. The van der Waals surface area contributed by atoms with Gasteiger partial charge in [-0.05, 0) is 25.7 Å². The maximum absolute atomic E-state index is 11.8. The van der Waals surface area contributed by atoms with Crippen molar-refractivity contribution in [3.8, 4) is 6.07 Å². The smallest absolute Gasteiger partial charge is 0.410 e. The van der Waals surface area contributed by atoms with Crippen LogP contribution < -0.4 is 5.73 Å². The van der Waals surface area contributed by atoms with Crippen LogP contribution in [0.25, 0.3) is 0 Å². The Bertz CT molecular complexity index is 892. The molecule has 3 rings (SSSR count). The number of amides is 2. The molecule has 1 aromatic heterocycles. The average Bonchev–Trinajstić information content (AvgIpc) is 3.56. The number of carbonyl (C=O) groups excluding carboxylic acids is 3. The van der Waals surface area contributed by atoms with Crippen LogP contribution in [0.1, 0.15) is 43.8 Å². The van der Waals surface area contributed by atoms with E-state index in [1.54, 1.807) is 23.1 Å². The maximum atomic E-state index is 11.8. The number of aromatic amines is 1. The molecule has 2 aliphatic heterocycles. The van der Waals surface area contributed by atoms with Gasteiger partial charge in [0.15, 0.2) is 5.78 Å². The summed E-state index contributed by atoms with van der Waals surface area (Å²) >= 11 is 0. The normalized spacial score (nSPS) is 19.1. The summed E-state index contributed by atoms with van der Waals surface area (Å²) in [7, 11) is 0. The Kier molecular flexibility index (Phi) is 9.95. The summed E-state index contributed by atoms with van der Waals surface area (Å²) in [5, 5.41) is 15.2. The number of nitrogens with zero attached hydrogens (tertiary/aromatic N) is 4. The van der Waals surface area contributed by atoms with Crippen LogP contribution in [0, 0.1) is 11.3 Å². The number of nitrogen functional groups attached to an aromatic ring is 1. The predicted octanol–water partition coefficient (Wildman–Crippen LogP) is 2.71. The fourth-order valence-electron chi connectivity index (χ4n) is 3.77. The molecule has 0 saturated carbocycles. The lowest BCUT2D eigenvalue weighted by atomic mass is 10.1. The van der Waals surface area contributed by atoms with Crippen molar-refractivity contribution in [1.29, 1.82) is 5.26 Å². The zero-order valence-corrected chi connectivity index (χ0v) is 18.6. The van der Waals surface area contributed by atoms with Gasteiger partial charge in [-0.1, -0.05) is 25.3 Å². The summed E-state index contributed by atoms with van der Waals surface area (Å²) in [5.74, 6) is 0.224.